The number of amides is 1. The monoisotopic (exact) mass is 457 g/mol. The largest absolute Gasteiger partial charge is 0.491 e. The quantitative estimate of drug-likeness (QED) is 0.109. The first-order valence-corrected chi connectivity index (χ1v) is 10.0. The second-order valence-electron chi connectivity index (χ2n) is 6.99. The van der Waals surface area contributed by atoms with E-state index in [2.05, 4.69) is 15.5 Å². The number of esters is 1. The molecule has 180 valence electrons. The summed E-state index contributed by atoms with van der Waals surface area (Å²) >= 11 is 0. The summed E-state index contributed by atoms with van der Waals surface area (Å²) in [6.45, 7) is 7.37. The van der Waals surface area contributed by atoms with E-state index >= 15 is 0 Å². The van der Waals surface area contributed by atoms with Crippen LogP contribution in [0.25, 0.3) is 0 Å². The molecule has 1 atom stereocenters. The number of hydrogen-bond acceptors (Lipinski definition) is 10. The first-order valence-electron chi connectivity index (χ1n) is 10.0. The van der Waals surface area contributed by atoms with Crippen molar-refractivity contribution in [2.75, 3.05) is 46.1 Å². The summed E-state index contributed by atoms with van der Waals surface area (Å²) in [5.74, 6) is 0.361. The highest BCUT2D eigenvalue weighted by atomic mass is 17.0. The summed E-state index contributed by atoms with van der Waals surface area (Å²) in [6.07, 6.45) is -0.774. The van der Waals surface area contributed by atoms with Crippen LogP contribution >= 0.6 is 0 Å². The van der Waals surface area contributed by atoms with E-state index in [-0.39, 0.29) is 38.9 Å². The summed E-state index contributed by atoms with van der Waals surface area (Å²) in [4.78, 5) is 36.8. The fourth-order valence-corrected chi connectivity index (χ4v) is 2.66. The second-order valence-corrected chi connectivity index (χ2v) is 6.99. The molecule has 12 heteroatoms. The van der Waals surface area contributed by atoms with Crippen LogP contribution in [0.4, 0.5) is 0 Å². The highest BCUT2D eigenvalue weighted by molar-refractivity contribution is 5.77. The van der Waals surface area contributed by atoms with Gasteiger partial charge in [-0.05, 0) is 43.5 Å². The van der Waals surface area contributed by atoms with Gasteiger partial charge in [-0.25, -0.2) is 0 Å². The Labute approximate surface area is 186 Å². The Hall–Kier alpha value is -2.96. The zero-order chi connectivity index (χ0) is 24.1. The van der Waals surface area contributed by atoms with Gasteiger partial charge in [-0.1, -0.05) is 0 Å². The fourth-order valence-electron chi connectivity index (χ4n) is 2.66. The number of benzene rings is 1. The molecule has 12 nitrogen and oxygen atoms in total. The number of ether oxygens (including phenoxy) is 3. The third kappa shape index (κ3) is 10.4. The van der Waals surface area contributed by atoms with E-state index < -0.39 is 17.2 Å². The van der Waals surface area contributed by atoms with Gasteiger partial charge < -0.3 is 34.8 Å². The number of aliphatic hydroxyl groups is 1. The number of nitrogens with zero attached hydrogens (tertiary/aromatic N) is 1. The van der Waals surface area contributed by atoms with Crippen LogP contribution < -0.4 is 20.1 Å². The maximum absolute atomic E-state index is 11.5. The minimum absolute atomic E-state index is 0.0616. The van der Waals surface area contributed by atoms with Crippen LogP contribution in [0.1, 0.15) is 23.6 Å². The molecule has 0 spiro atoms. The smallest absolute Gasteiger partial charge is 0.308 e. The lowest BCUT2D eigenvalue weighted by Crippen LogP contribution is -2.38. The zero-order valence-electron chi connectivity index (χ0n) is 18.8. The number of aryl methyl sites for hydroxylation is 1. The van der Waals surface area contributed by atoms with Gasteiger partial charge in [0.25, 0.3) is 5.09 Å². The number of hydrogen-bond donors (Lipinski definition) is 3. The van der Waals surface area contributed by atoms with E-state index in [0.29, 0.717) is 24.6 Å². The van der Waals surface area contributed by atoms with Gasteiger partial charge in [0.15, 0.2) is 0 Å². The number of carbonyl (C=O) groups excluding carboxylic acids is 2. The summed E-state index contributed by atoms with van der Waals surface area (Å²) in [7, 11) is 0. The molecular formula is C20H31N3O9. The SMILES string of the molecule is CC(=O)Oc1c(C)cc(OCC(O)CNCCNC(=O)COCCO[N+](=O)[O-])c(C)c1C. The average molecular weight is 457 g/mol. The Balaban J connectivity index is 2.25. The molecule has 0 saturated heterocycles. The van der Waals surface area contributed by atoms with Crippen molar-refractivity contribution in [3.63, 3.8) is 0 Å². The Morgan fingerprint density at radius 3 is 2.56 bits per heavy atom. The van der Waals surface area contributed by atoms with Crippen molar-refractivity contribution in [3.05, 3.63) is 32.9 Å². The molecule has 1 aromatic carbocycles. The van der Waals surface area contributed by atoms with Gasteiger partial charge in [-0.3, -0.25) is 9.59 Å². The van der Waals surface area contributed by atoms with Crippen molar-refractivity contribution in [3.8, 4) is 11.5 Å². The third-order valence-corrected chi connectivity index (χ3v) is 4.32. The standard InChI is InChI=1S/C20H31N3O9/c1-13-9-18(14(2)15(3)20(13)32-16(4)24)30-11-17(25)10-21-5-6-22-19(26)12-29-7-8-31-23(27)28/h9,17,21,25H,5-8,10-12H2,1-4H3,(H,22,26). The van der Waals surface area contributed by atoms with Crippen molar-refractivity contribution >= 4 is 11.9 Å². The van der Waals surface area contributed by atoms with Gasteiger partial charge in [0.05, 0.1) is 6.61 Å². The zero-order valence-corrected chi connectivity index (χ0v) is 18.8. The number of rotatable bonds is 15. The summed E-state index contributed by atoms with van der Waals surface area (Å²) in [5, 5.41) is 24.7. The predicted octanol–water partition coefficient (Wildman–Crippen LogP) is 0.208. The molecule has 0 aliphatic heterocycles. The van der Waals surface area contributed by atoms with Crippen molar-refractivity contribution in [2.45, 2.75) is 33.8 Å². The Kier molecular flexibility index (Phi) is 12.0. The summed E-state index contributed by atoms with van der Waals surface area (Å²) in [5.41, 5.74) is 2.38. The van der Waals surface area contributed by atoms with Crippen LogP contribution in [0.2, 0.25) is 0 Å². The van der Waals surface area contributed by atoms with Crippen LogP contribution in [-0.2, 0) is 19.2 Å². The normalized spacial score (nSPS) is 11.5. The lowest BCUT2D eigenvalue weighted by atomic mass is 10.0. The molecule has 0 aliphatic carbocycles. The van der Waals surface area contributed by atoms with Crippen molar-refractivity contribution in [1.82, 2.24) is 10.6 Å². The molecule has 0 fully saturated rings. The minimum Gasteiger partial charge on any atom is -0.491 e. The predicted molar refractivity (Wildman–Crippen MR) is 113 cm³/mol. The van der Waals surface area contributed by atoms with Gasteiger partial charge in [0.1, 0.15) is 37.4 Å². The minimum atomic E-state index is -0.931. The van der Waals surface area contributed by atoms with Gasteiger partial charge in [-0.15, -0.1) is 10.1 Å². The summed E-state index contributed by atoms with van der Waals surface area (Å²) < 4.78 is 15.9. The molecule has 0 radical (unpaired) electrons. The number of aliphatic hydroxyl groups excluding tert-OH is 1. The fraction of sp³-hybridized carbons (Fsp3) is 0.600. The van der Waals surface area contributed by atoms with E-state index in [4.69, 9.17) is 14.2 Å². The molecule has 0 aliphatic rings. The molecule has 1 aromatic rings. The van der Waals surface area contributed by atoms with Crippen molar-refractivity contribution < 1.29 is 38.8 Å². The van der Waals surface area contributed by atoms with E-state index in [9.17, 15) is 24.8 Å². The van der Waals surface area contributed by atoms with Crippen LogP contribution in [-0.4, -0.2) is 74.2 Å². The molecule has 1 unspecified atom stereocenters. The van der Waals surface area contributed by atoms with Crippen molar-refractivity contribution in [2.24, 2.45) is 0 Å². The molecule has 0 aromatic heterocycles. The molecule has 3 N–H and O–H groups in total. The van der Waals surface area contributed by atoms with Gasteiger partial charge in [0.2, 0.25) is 5.91 Å². The molecule has 1 amide bonds. The first kappa shape index (κ1) is 27.1. The second kappa shape index (κ2) is 14.2. The Morgan fingerprint density at radius 2 is 1.91 bits per heavy atom. The average Bonchev–Trinajstić information content (AvgIpc) is 2.71. The Bertz CT molecular complexity index is 786. The van der Waals surface area contributed by atoms with Crippen molar-refractivity contribution in [1.29, 1.82) is 0 Å². The van der Waals surface area contributed by atoms with Gasteiger partial charge >= 0.3 is 5.97 Å². The highest BCUT2D eigenvalue weighted by Crippen LogP contribution is 2.33. The summed E-state index contributed by atoms with van der Waals surface area (Å²) in [6, 6.07) is 1.77. The Morgan fingerprint density at radius 1 is 1.19 bits per heavy atom. The van der Waals surface area contributed by atoms with Crippen LogP contribution in [0.5, 0.6) is 11.5 Å². The number of nitrogens with one attached hydrogen (secondary N) is 2. The van der Waals surface area contributed by atoms with E-state index in [0.717, 1.165) is 16.7 Å². The van der Waals surface area contributed by atoms with E-state index in [1.807, 2.05) is 20.8 Å². The maximum Gasteiger partial charge on any atom is 0.308 e. The molecule has 0 saturated carbocycles. The van der Waals surface area contributed by atoms with E-state index in [1.54, 1.807) is 6.07 Å². The van der Waals surface area contributed by atoms with Crippen LogP contribution in [0.3, 0.4) is 0 Å². The van der Waals surface area contributed by atoms with Crippen LogP contribution in [0.15, 0.2) is 6.07 Å². The molecular weight excluding hydrogens is 426 g/mol. The molecule has 32 heavy (non-hydrogen) atoms. The topological polar surface area (TPSA) is 158 Å². The lowest BCUT2D eigenvalue weighted by Gasteiger charge is -2.18. The molecule has 1 rings (SSSR count). The van der Waals surface area contributed by atoms with Crippen LogP contribution in [0, 0.1) is 30.9 Å². The van der Waals surface area contributed by atoms with Gasteiger partial charge in [0, 0.05) is 26.6 Å². The maximum atomic E-state index is 11.5. The third-order valence-electron chi connectivity index (χ3n) is 4.32. The number of carbonyl (C=O) groups is 2. The van der Waals surface area contributed by atoms with E-state index in [1.165, 1.54) is 6.92 Å². The molecule has 0 heterocycles. The lowest BCUT2D eigenvalue weighted by molar-refractivity contribution is -0.758. The first-order chi connectivity index (χ1) is 15.1. The molecule has 0 bridgehead atoms. The van der Waals surface area contributed by atoms with Gasteiger partial charge in [-0.2, -0.15) is 0 Å². The highest BCUT2D eigenvalue weighted by Gasteiger charge is 2.15.